The average molecular weight is 399 g/mol. The van der Waals surface area contributed by atoms with Gasteiger partial charge in [0.25, 0.3) is 0 Å². The Bertz CT molecular complexity index is 657. The van der Waals surface area contributed by atoms with Crippen LogP contribution in [0.15, 0.2) is 18.2 Å². The first-order valence-electron chi connectivity index (χ1n) is 9.44. The molecule has 2 fully saturated rings. The van der Waals surface area contributed by atoms with Crippen molar-refractivity contribution in [3.8, 4) is 0 Å². The molecule has 1 aliphatic heterocycles. The third-order valence-electron chi connectivity index (χ3n) is 6.12. The summed E-state index contributed by atoms with van der Waals surface area (Å²) in [4.78, 5) is 12.9. The standard InChI is InChI=1S/C20H28Cl2N2O2/c1-19(23)7-3-2-4-16(19)18(25)24-13-20(8-10-26-11-9-20)15-6-5-14(21)12-17(15)22/h5-6,12,16H,2-4,7-11,13,23H2,1H3,(H,24,25). The SMILES string of the molecule is CC1(N)CCCCC1C(=O)NCC1(c2ccc(Cl)cc2Cl)CCOCC1. The number of hydrogen-bond donors (Lipinski definition) is 2. The summed E-state index contributed by atoms with van der Waals surface area (Å²) in [5.41, 5.74) is 6.78. The molecule has 1 saturated carbocycles. The number of carbonyl (C=O) groups excluding carboxylic acids is 1. The Balaban J connectivity index is 1.78. The maximum absolute atomic E-state index is 12.9. The molecule has 6 heteroatoms. The Morgan fingerprint density at radius 3 is 2.65 bits per heavy atom. The molecule has 1 aromatic rings. The lowest BCUT2D eigenvalue weighted by molar-refractivity contribution is -0.128. The summed E-state index contributed by atoms with van der Waals surface area (Å²) in [6.07, 6.45) is 5.55. The van der Waals surface area contributed by atoms with Gasteiger partial charge in [-0.2, -0.15) is 0 Å². The summed E-state index contributed by atoms with van der Waals surface area (Å²) in [5.74, 6) is -0.0699. The van der Waals surface area contributed by atoms with Crippen molar-refractivity contribution in [1.29, 1.82) is 0 Å². The number of amides is 1. The number of rotatable bonds is 4. The highest BCUT2D eigenvalue weighted by Crippen LogP contribution is 2.39. The highest BCUT2D eigenvalue weighted by atomic mass is 35.5. The van der Waals surface area contributed by atoms with E-state index in [-0.39, 0.29) is 17.2 Å². The fourth-order valence-corrected chi connectivity index (χ4v) is 5.00. The number of nitrogens with two attached hydrogens (primary N) is 1. The zero-order valence-electron chi connectivity index (χ0n) is 15.3. The Morgan fingerprint density at radius 1 is 1.27 bits per heavy atom. The third-order valence-corrected chi connectivity index (χ3v) is 6.67. The van der Waals surface area contributed by atoms with Crippen LogP contribution in [0.1, 0.15) is 51.0 Å². The summed E-state index contributed by atoms with van der Waals surface area (Å²) >= 11 is 12.6. The monoisotopic (exact) mass is 398 g/mol. The van der Waals surface area contributed by atoms with Gasteiger partial charge in [-0.3, -0.25) is 4.79 Å². The van der Waals surface area contributed by atoms with Gasteiger partial charge in [0.15, 0.2) is 0 Å². The predicted octanol–water partition coefficient (Wildman–Crippen LogP) is 4.07. The van der Waals surface area contributed by atoms with E-state index in [1.807, 2.05) is 19.1 Å². The van der Waals surface area contributed by atoms with Gasteiger partial charge in [-0.15, -0.1) is 0 Å². The minimum Gasteiger partial charge on any atom is -0.381 e. The Hall–Kier alpha value is -0.810. The fraction of sp³-hybridized carbons (Fsp3) is 0.650. The van der Waals surface area contributed by atoms with Gasteiger partial charge in [-0.1, -0.05) is 42.1 Å². The summed E-state index contributed by atoms with van der Waals surface area (Å²) in [5, 5.41) is 4.46. The van der Waals surface area contributed by atoms with E-state index in [1.54, 1.807) is 6.07 Å². The van der Waals surface area contributed by atoms with Crippen molar-refractivity contribution in [3.63, 3.8) is 0 Å². The lowest BCUT2D eigenvalue weighted by Gasteiger charge is -2.41. The Morgan fingerprint density at radius 2 is 2.00 bits per heavy atom. The molecule has 3 N–H and O–H groups in total. The van der Waals surface area contributed by atoms with Crippen LogP contribution in [-0.2, 0) is 14.9 Å². The van der Waals surface area contributed by atoms with E-state index in [1.165, 1.54) is 0 Å². The van der Waals surface area contributed by atoms with E-state index >= 15 is 0 Å². The molecule has 144 valence electrons. The summed E-state index contributed by atoms with van der Waals surface area (Å²) in [6.45, 7) is 3.86. The van der Waals surface area contributed by atoms with Gasteiger partial charge in [-0.05, 0) is 50.3 Å². The van der Waals surface area contributed by atoms with Crippen molar-refractivity contribution in [2.75, 3.05) is 19.8 Å². The molecule has 1 aromatic carbocycles. The molecule has 26 heavy (non-hydrogen) atoms. The Labute approximate surface area is 165 Å². The lowest BCUT2D eigenvalue weighted by atomic mass is 9.72. The number of carbonyl (C=O) groups is 1. The van der Waals surface area contributed by atoms with Crippen LogP contribution in [0.25, 0.3) is 0 Å². The molecule has 0 bridgehead atoms. The molecule has 3 rings (SSSR count). The van der Waals surface area contributed by atoms with Crippen molar-refractivity contribution in [1.82, 2.24) is 5.32 Å². The summed E-state index contributed by atoms with van der Waals surface area (Å²) < 4.78 is 5.56. The molecule has 2 atom stereocenters. The first-order valence-corrected chi connectivity index (χ1v) is 10.2. The summed E-state index contributed by atoms with van der Waals surface area (Å²) in [6, 6.07) is 5.62. The molecular formula is C20H28Cl2N2O2. The second kappa shape index (κ2) is 8.05. The van der Waals surface area contributed by atoms with Crippen molar-refractivity contribution < 1.29 is 9.53 Å². The van der Waals surface area contributed by atoms with E-state index in [2.05, 4.69) is 5.32 Å². The maximum atomic E-state index is 12.9. The normalized spacial score (nSPS) is 28.5. The number of benzene rings is 1. The van der Waals surface area contributed by atoms with Crippen molar-refractivity contribution in [2.45, 2.75) is 56.4 Å². The van der Waals surface area contributed by atoms with Crippen LogP contribution in [0.2, 0.25) is 10.0 Å². The molecule has 1 amide bonds. The first-order chi connectivity index (χ1) is 12.3. The Kier molecular flexibility index (Phi) is 6.18. The fourth-order valence-electron chi connectivity index (χ4n) is 4.39. The van der Waals surface area contributed by atoms with Gasteiger partial charge in [-0.25, -0.2) is 0 Å². The van der Waals surface area contributed by atoms with E-state index in [0.717, 1.165) is 44.1 Å². The van der Waals surface area contributed by atoms with E-state index in [9.17, 15) is 4.79 Å². The van der Waals surface area contributed by atoms with Crippen LogP contribution < -0.4 is 11.1 Å². The molecule has 1 saturated heterocycles. The van der Waals surface area contributed by atoms with Gasteiger partial charge >= 0.3 is 0 Å². The van der Waals surface area contributed by atoms with Crippen LogP contribution in [0.3, 0.4) is 0 Å². The van der Waals surface area contributed by atoms with E-state index in [4.69, 9.17) is 33.7 Å². The molecule has 2 unspecified atom stereocenters. The average Bonchev–Trinajstić information content (AvgIpc) is 2.60. The number of nitrogens with one attached hydrogen (secondary N) is 1. The quantitative estimate of drug-likeness (QED) is 0.803. The zero-order chi connectivity index (χ0) is 18.8. The van der Waals surface area contributed by atoms with Gasteiger partial charge in [0.1, 0.15) is 0 Å². The molecule has 2 aliphatic rings. The van der Waals surface area contributed by atoms with Crippen LogP contribution in [0.5, 0.6) is 0 Å². The molecule has 1 heterocycles. The maximum Gasteiger partial charge on any atom is 0.224 e. The van der Waals surface area contributed by atoms with Crippen molar-refractivity contribution >= 4 is 29.1 Å². The number of halogens is 2. The first kappa shape index (κ1) is 19.9. The number of ether oxygens (including phenoxy) is 1. The van der Waals surface area contributed by atoms with Crippen LogP contribution in [-0.4, -0.2) is 31.2 Å². The van der Waals surface area contributed by atoms with Crippen LogP contribution in [0, 0.1) is 5.92 Å². The van der Waals surface area contributed by atoms with Gasteiger partial charge in [0.05, 0.1) is 5.92 Å². The second-order valence-corrected chi connectivity index (χ2v) is 8.88. The highest BCUT2D eigenvalue weighted by molar-refractivity contribution is 6.35. The smallest absolute Gasteiger partial charge is 0.224 e. The minimum atomic E-state index is -0.427. The van der Waals surface area contributed by atoms with Gasteiger partial charge in [0.2, 0.25) is 5.91 Å². The predicted molar refractivity (Wildman–Crippen MR) is 106 cm³/mol. The summed E-state index contributed by atoms with van der Waals surface area (Å²) in [7, 11) is 0. The molecule has 1 aliphatic carbocycles. The van der Waals surface area contributed by atoms with Crippen molar-refractivity contribution in [3.05, 3.63) is 33.8 Å². The largest absolute Gasteiger partial charge is 0.381 e. The van der Waals surface area contributed by atoms with Crippen LogP contribution in [0.4, 0.5) is 0 Å². The molecular weight excluding hydrogens is 371 g/mol. The molecule has 4 nitrogen and oxygen atoms in total. The minimum absolute atomic E-state index is 0.0608. The van der Waals surface area contributed by atoms with Crippen LogP contribution >= 0.6 is 23.2 Å². The van der Waals surface area contributed by atoms with Gasteiger partial charge < -0.3 is 15.8 Å². The number of hydrogen-bond acceptors (Lipinski definition) is 3. The zero-order valence-corrected chi connectivity index (χ0v) is 16.8. The molecule has 0 spiro atoms. The van der Waals surface area contributed by atoms with Crippen molar-refractivity contribution in [2.24, 2.45) is 11.7 Å². The molecule has 0 aromatic heterocycles. The van der Waals surface area contributed by atoms with E-state index in [0.29, 0.717) is 29.8 Å². The lowest BCUT2D eigenvalue weighted by Crippen LogP contribution is -2.54. The third kappa shape index (κ3) is 4.19. The van der Waals surface area contributed by atoms with E-state index < -0.39 is 5.54 Å². The highest BCUT2D eigenvalue weighted by Gasteiger charge is 2.40. The topological polar surface area (TPSA) is 64.4 Å². The second-order valence-electron chi connectivity index (χ2n) is 8.04. The van der Waals surface area contributed by atoms with Gasteiger partial charge in [0, 0.05) is 40.8 Å². The molecule has 0 radical (unpaired) electrons.